The van der Waals surface area contributed by atoms with Crippen molar-refractivity contribution in [2.75, 3.05) is 37.5 Å². The highest BCUT2D eigenvalue weighted by atomic mass is 35.5. The van der Waals surface area contributed by atoms with E-state index < -0.39 is 41.5 Å². The van der Waals surface area contributed by atoms with Gasteiger partial charge in [0, 0.05) is 5.41 Å². The number of alkyl halides is 3. The SMILES string of the molecule is C[C@]12CC[C@@H](OC(=O)CCl)[C@@](C)(COC(=O)CCl)C1CC[C@]1(CO1)C2CC=C1C(=O)OC[C@H]1OC(=O)CCl. The standard InChI is InChI=1S/C26H33Cl3O9/c1-24-7-6-19(38-22(32)11-29)25(2,13-35-20(30)9-27)17(24)5-8-26(14-36-26)18(24)4-3-15-16(12-34-23(15)33)37-21(31)10-28/h3,16-19H,4-14H2,1-2H3/t16-,17?,18?,19-,24+,25+,26+/m1/s1. The van der Waals surface area contributed by atoms with Crippen molar-refractivity contribution < 1.29 is 42.9 Å². The van der Waals surface area contributed by atoms with Crippen LogP contribution in [0.25, 0.3) is 0 Å². The summed E-state index contributed by atoms with van der Waals surface area (Å²) >= 11 is 17.0. The van der Waals surface area contributed by atoms with Crippen LogP contribution in [0.15, 0.2) is 11.6 Å². The van der Waals surface area contributed by atoms with Gasteiger partial charge >= 0.3 is 23.9 Å². The molecular formula is C26H33Cl3O9. The molecule has 0 aromatic heterocycles. The van der Waals surface area contributed by atoms with Gasteiger partial charge in [0.05, 0.1) is 17.8 Å². The van der Waals surface area contributed by atoms with Crippen molar-refractivity contribution in [3.8, 4) is 0 Å². The minimum absolute atomic E-state index is 0.00127. The van der Waals surface area contributed by atoms with E-state index in [0.29, 0.717) is 25.0 Å². The number of carbonyl (C=O) groups excluding carboxylic acids is 4. The minimum atomic E-state index is -0.803. The van der Waals surface area contributed by atoms with E-state index >= 15 is 0 Å². The molecular weight excluding hydrogens is 563 g/mol. The van der Waals surface area contributed by atoms with E-state index in [0.717, 1.165) is 19.3 Å². The summed E-state index contributed by atoms with van der Waals surface area (Å²) in [6, 6.07) is 0. The molecule has 2 heterocycles. The lowest BCUT2D eigenvalue weighted by Crippen LogP contribution is -2.61. The second kappa shape index (κ2) is 11.5. The summed E-state index contributed by atoms with van der Waals surface area (Å²) in [5.74, 6) is -3.07. The maximum atomic E-state index is 12.5. The van der Waals surface area contributed by atoms with Crippen LogP contribution in [0.4, 0.5) is 0 Å². The van der Waals surface area contributed by atoms with Crippen LogP contribution < -0.4 is 0 Å². The highest BCUT2D eigenvalue weighted by Gasteiger charge is 2.67. The molecule has 7 atom stereocenters. The second-order valence-corrected chi connectivity index (χ2v) is 11.9. The highest BCUT2D eigenvalue weighted by molar-refractivity contribution is 6.27. The molecule has 9 nitrogen and oxygen atoms in total. The summed E-state index contributed by atoms with van der Waals surface area (Å²) in [7, 11) is 0. The van der Waals surface area contributed by atoms with E-state index in [1.54, 1.807) is 6.08 Å². The topological polar surface area (TPSA) is 118 Å². The van der Waals surface area contributed by atoms with Gasteiger partial charge in [0.15, 0.2) is 6.10 Å². The molecule has 0 aromatic rings. The lowest BCUT2D eigenvalue weighted by Gasteiger charge is -2.61. The van der Waals surface area contributed by atoms with Crippen LogP contribution in [0.3, 0.4) is 0 Å². The third kappa shape index (κ3) is 5.54. The Hall–Kier alpha value is -1.55. The molecule has 1 spiro atoms. The molecule has 2 saturated heterocycles. The summed E-state index contributed by atoms with van der Waals surface area (Å²) < 4.78 is 27.8. The Labute approximate surface area is 236 Å². The van der Waals surface area contributed by atoms with Gasteiger partial charge < -0.3 is 23.7 Å². The Morgan fingerprint density at radius 3 is 2.29 bits per heavy atom. The molecule has 2 unspecified atom stereocenters. The number of rotatable bonds is 9. The zero-order valence-electron chi connectivity index (χ0n) is 21.5. The van der Waals surface area contributed by atoms with Gasteiger partial charge in [-0.2, -0.15) is 0 Å². The second-order valence-electron chi connectivity index (χ2n) is 11.1. The number of carbonyl (C=O) groups is 4. The van der Waals surface area contributed by atoms with E-state index in [1.165, 1.54) is 0 Å². The fourth-order valence-corrected chi connectivity index (χ4v) is 7.34. The van der Waals surface area contributed by atoms with Crippen LogP contribution in [0.5, 0.6) is 0 Å². The van der Waals surface area contributed by atoms with Crippen molar-refractivity contribution >= 4 is 58.7 Å². The van der Waals surface area contributed by atoms with Gasteiger partial charge in [-0.1, -0.05) is 19.9 Å². The first-order chi connectivity index (χ1) is 18.0. The summed E-state index contributed by atoms with van der Waals surface area (Å²) in [6.45, 7) is 4.80. The molecule has 2 aliphatic heterocycles. The normalized spacial score (nSPS) is 38.9. The third-order valence-electron chi connectivity index (χ3n) is 9.02. The molecule has 12 heteroatoms. The fraction of sp³-hybridized carbons (Fsp3) is 0.769. The quantitative estimate of drug-likeness (QED) is 0.130. The molecule has 0 N–H and O–H groups in total. The number of hydrogen-bond acceptors (Lipinski definition) is 9. The number of hydrogen-bond donors (Lipinski definition) is 0. The first-order valence-electron chi connectivity index (χ1n) is 12.8. The summed E-state index contributed by atoms with van der Waals surface area (Å²) in [4.78, 5) is 48.4. The van der Waals surface area contributed by atoms with Crippen molar-refractivity contribution in [3.05, 3.63) is 11.6 Å². The molecule has 4 rings (SSSR count). The number of cyclic esters (lactones) is 1. The molecule has 4 aliphatic rings. The number of ether oxygens (including phenoxy) is 5. The van der Waals surface area contributed by atoms with Gasteiger partial charge in [-0.05, 0) is 49.4 Å². The van der Waals surface area contributed by atoms with Crippen LogP contribution in [0.2, 0.25) is 0 Å². The van der Waals surface area contributed by atoms with E-state index in [-0.39, 0.29) is 53.7 Å². The summed E-state index contributed by atoms with van der Waals surface area (Å²) in [6.07, 6.45) is 3.83. The Kier molecular flexibility index (Phi) is 8.92. The number of esters is 4. The van der Waals surface area contributed by atoms with Crippen LogP contribution in [0.1, 0.15) is 46.0 Å². The molecule has 4 fully saturated rings. The predicted molar refractivity (Wildman–Crippen MR) is 137 cm³/mol. The van der Waals surface area contributed by atoms with Crippen LogP contribution in [0, 0.1) is 22.7 Å². The average Bonchev–Trinajstić information content (AvgIpc) is 3.59. The molecule has 2 aliphatic carbocycles. The van der Waals surface area contributed by atoms with Crippen molar-refractivity contribution in [1.29, 1.82) is 0 Å². The van der Waals surface area contributed by atoms with E-state index in [1.807, 2.05) is 6.92 Å². The lowest BCUT2D eigenvalue weighted by molar-refractivity contribution is -0.201. The first-order valence-corrected chi connectivity index (χ1v) is 14.4. The summed E-state index contributed by atoms with van der Waals surface area (Å²) in [5.41, 5.74) is -1.03. The van der Waals surface area contributed by atoms with Gasteiger partial charge in [-0.15, -0.1) is 34.8 Å². The Morgan fingerprint density at radius 2 is 1.66 bits per heavy atom. The van der Waals surface area contributed by atoms with E-state index in [2.05, 4.69) is 6.92 Å². The van der Waals surface area contributed by atoms with E-state index in [9.17, 15) is 19.2 Å². The van der Waals surface area contributed by atoms with Crippen LogP contribution >= 0.6 is 34.8 Å². The molecule has 0 radical (unpaired) electrons. The molecule has 212 valence electrons. The highest BCUT2D eigenvalue weighted by Crippen LogP contribution is 2.66. The van der Waals surface area contributed by atoms with E-state index in [4.69, 9.17) is 58.5 Å². The maximum Gasteiger partial charge on any atom is 0.337 e. The molecule has 38 heavy (non-hydrogen) atoms. The number of fused-ring (bicyclic) bond motifs is 1. The molecule has 0 amide bonds. The molecule has 0 aromatic carbocycles. The van der Waals surface area contributed by atoms with Crippen LogP contribution in [-0.4, -0.2) is 79.1 Å². The van der Waals surface area contributed by atoms with Crippen LogP contribution in [-0.2, 0) is 42.9 Å². The number of halogens is 3. The predicted octanol–water partition coefficient (Wildman–Crippen LogP) is 3.54. The van der Waals surface area contributed by atoms with Gasteiger partial charge in [0.1, 0.15) is 37.0 Å². The van der Waals surface area contributed by atoms with Gasteiger partial charge in [0.25, 0.3) is 0 Å². The minimum Gasteiger partial charge on any atom is -0.464 e. The van der Waals surface area contributed by atoms with Gasteiger partial charge in [-0.25, -0.2) is 4.79 Å². The van der Waals surface area contributed by atoms with Gasteiger partial charge in [0.2, 0.25) is 0 Å². The Balaban J connectivity index is 1.63. The Bertz CT molecular complexity index is 996. The van der Waals surface area contributed by atoms with Crippen molar-refractivity contribution in [1.82, 2.24) is 0 Å². The smallest absolute Gasteiger partial charge is 0.337 e. The largest absolute Gasteiger partial charge is 0.464 e. The molecule has 2 saturated carbocycles. The van der Waals surface area contributed by atoms with Gasteiger partial charge in [-0.3, -0.25) is 14.4 Å². The Morgan fingerprint density at radius 1 is 1.00 bits per heavy atom. The maximum absolute atomic E-state index is 12.5. The monoisotopic (exact) mass is 594 g/mol. The third-order valence-corrected chi connectivity index (χ3v) is 9.67. The zero-order chi connectivity index (χ0) is 27.7. The number of epoxide rings is 1. The first kappa shape index (κ1) is 29.4. The molecule has 0 bridgehead atoms. The number of allylic oxidation sites excluding steroid dienone is 1. The van der Waals surface area contributed by atoms with Crippen molar-refractivity contribution in [3.63, 3.8) is 0 Å². The average molecular weight is 596 g/mol. The van der Waals surface area contributed by atoms with Crippen molar-refractivity contribution in [2.45, 2.75) is 63.8 Å². The fourth-order valence-electron chi connectivity index (χ4n) is 7.14. The zero-order valence-corrected chi connectivity index (χ0v) is 23.7. The summed E-state index contributed by atoms with van der Waals surface area (Å²) in [5, 5.41) is 0. The van der Waals surface area contributed by atoms with Crippen molar-refractivity contribution in [2.24, 2.45) is 22.7 Å². The lowest BCUT2D eigenvalue weighted by atomic mass is 9.45.